The normalized spacial score (nSPS) is 20.3. The number of nitrogens with two attached hydrogens (primary N) is 1. The predicted octanol–water partition coefficient (Wildman–Crippen LogP) is 2.20. The molecule has 0 aliphatic carbocycles. The van der Waals surface area contributed by atoms with E-state index < -0.39 is 29.3 Å². The van der Waals surface area contributed by atoms with Gasteiger partial charge >= 0.3 is 0 Å². The molecule has 172 valence electrons. The van der Waals surface area contributed by atoms with Gasteiger partial charge in [0.2, 0.25) is 17.7 Å². The highest BCUT2D eigenvalue weighted by molar-refractivity contribution is 6.10. The summed E-state index contributed by atoms with van der Waals surface area (Å²) in [7, 11) is 1.42. The van der Waals surface area contributed by atoms with Crippen molar-refractivity contribution in [2.45, 2.75) is 37.9 Å². The number of benzene rings is 2. The van der Waals surface area contributed by atoms with E-state index >= 15 is 0 Å². The fraction of sp³-hybridized carbons (Fsp3) is 0.333. The highest BCUT2D eigenvalue weighted by Gasteiger charge is 2.52. The first-order chi connectivity index (χ1) is 15.6. The maximum atomic E-state index is 13.7. The first kappa shape index (κ1) is 22.4. The first-order valence-corrected chi connectivity index (χ1v) is 10.7. The zero-order valence-electron chi connectivity index (χ0n) is 18.5. The molecule has 9 heteroatoms. The van der Waals surface area contributed by atoms with Gasteiger partial charge < -0.3 is 15.5 Å². The Hall–Kier alpha value is -3.75. The zero-order chi connectivity index (χ0) is 23.9. The van der Waals surface area contributed by atoms with Gasteiger partial charge in [-0.1, -0.05) is 24.3 Å². The van der Waals surface area contributed by atoms with Crippen LogP contribution in [0.3, 0.4) is 0 Å². The largest absolute Gasteiger partial charge is 0.368 e. The number of rotatable bonds is 6. The van der Waals surface area contributed by atoms with Gasteiger partial charge in [-0.05, 0) is 43.2 Å². The van der Waals surface area contributed by atoms with Crippen molar-refractivity contribution in [2.24, 2.45) is 5.73 Å². The van der Waals surface area contributed by atoms with Gasteiger partial charge in [0.1, 0.15) is 17.5 Å². The molecule has 4 amide bonds. The van der Waals surface area contributed by atoms with Crippen LogP contribution >= 0.6 is 0 Å². The van der Waals surface area contributed by atoms with Crippen LogP contribution in [-0.2, 0) is 14.4 Å². The number of nitrogens with zero attached hydrogens (tertiary/aromatic N) is 3. The maximum Gasteiger partial charge on any atom is 0.257 e. The van der Waals surface area contributed by atoms with E-state index in [0.29, 0.717) is 24.1 Å². The lowest BCUT2D eigenvalue weighted by Gasteiger charge is -2.48. The molecule has 2 aliphatic rings. The maximum absolute atomic E-state index is 13.7. The van der Waals surface area contributed by atoms with Gasteiger partial charge in [0, 0.05) is 26.4 Å². The van der Waals surface area contributed by atoms with Crippen LogP contribution in [0.1, 0.15) is 48.1 Å². The number of primary amides is 1. The smallest absolute Gasteiger partial charge is 0.257 e. The van der Waals surface area contributed by atoms with Crippen molar-refractivity contribution < 1.29 is 23.6 Å². The van der Waals surface area contributed by atoms with Crippen molar-refractivity contribution in [3.63, 3.8) is 0 Å². The quantitative estimate of drug-likeness (QED) is 0.726. The van der Waals surface area contributed by atoms with Gasteiger partial charge in [0.15, 0.2) is 0 Å². The minimum atomic E-state index is -1.15. The van der Waals surface area contributed by atoms with E-state index in [1.165, 1.54) is 30.1 Å². The number of halogens is 1. The summed E-state index contributed by atoms with van der Waals surface area (Å²) >= 11 is 0. The molecule has 8 nitrogen and oxygen atoms in total. The van der Waals surface area contributed by atoms with Gasteiger partial charge in [-0.2, -0.15) is 0 Å². The molecule has 1 saturated heterocycles. The number of hydrogen-bond acceptors (Lipinski definition) is 4. The van der Waals surface area contributed by atoms with Crippen molar-refractivity contribution in [3.05, 3.63) is 65.5 Å². The Kier molecular flexibility index (Phi) is 5.65. The van der Waals surface area contributed by atoms with E-state index in [2.05, 4.69) is 0 Å². The van der Waals surface area contributed by atoms with Crippen LogP contribution in [0.25, 0.3) is 0 Å². The number of likely N-dealkylation sites (N-methyl/N-ethyl adjacent to an activating group) is 1. The van der Waals surface area contributed by atoms with Crippen molar-refractivity contribution in [3.8, 4) is 0 Å². The number of para-hydroxylation sites is 1. The molecule has 2 aromatic rings. The molecule has 0 radical (unpaired) electrons. The number of fused-ring (bicyclic) bond motifs is 3. The molecule has 2 atom stereocenters. The molecule has 0 aromatic heterocycles. The van der Waals surface area contributed by atoms with Gasteiger partial charge in [-0.25, -0.2) is 4.39 Å². The van der Waals surface area contributed by atoms with Crippen LogP contribution in [0.2, 0.25) is 0 Å². The Labute approximate surface area is 190 Å². The van der Waals surface area contributed by atoms with Crippen LogP contribution < -0.4 is 10.6 Å². The summed E-state index contributed by atoms with van der Waals surface area (Å²) in [6.45, 7) is 1.87. The van der Waals surface area contributed by atoms with E-state index in [-0.39, 0.29) is 30.3 Å². The summed E-state index contributed by atoms with van der Waals surface area (Å²) in [6, 6.07) is 11.1. The lowest BCUT2D eigenvalue weighted by atomic mass is 9.98. The van der Waals surface area contributed by atoms with Crippen molar-refractivity contribution in [1.29, 1.82) is 0 Å². The molecule has 0 spiro atoms. The van der Waals surface area contributed by atoms with Gasteiger partial charge in [-0.15, -0.1) is 0 Å². The van der Waals surface area contributed by atoms with E-state index in [1.807, 2.05) is 6.92 Å². The van der Waals surface area contributed by atoms with Crippen LogP contribution in [0.4, 0.5) is 10.1 Å². The molecule has 2 heterocycles. The fourth-order valence-corrected chi connectivity index (χ4v) is 4.82. The van der Waals surface area contributed by atoms with Crippen LogP contribution in [0, 0.1) is 5.82 Å². The fourth-order valence-electron chi connectivity index (χ4n) is 4.82. The summed E-state index contributed by atoms with van der Waals surface area (Å²) in [5, 5.41) is 0. The first-order valence-electron chi connectivity index (χ1n) is 10.7. The summed E-state index contributed by atoms with van der Waals surface area (Å²) in [5.41, 5.74) is 5.88. The molecule has 2 aromatic carbocycles. The van der Waals surface area contributed by atoms with Gasteiger partial charge in [-0.3, -0.25) is 24.1 Å². The van der Waals surface area contributed by atoms with Crippen LogP contribution in [-0.4, -0.2) is 52.7 Å². The average molecular weight is 452 g/mol. The Morgan fingerprint density at radius 3 is 2.61 bits per heavy atom. The highest BCUT2D eigenvalue weighted by Crippen LogP contribution is 2.44. The molecule has 2 N–H and O–H groups in total. The monoisotopic (exact) mass is 452 g/mol. The summed E-state index contributed by atoms with van der Waals surface area (Å²) in [4.78, 5) is 55.4. The topological polar surface area (TPSA) is 104 Å². The number of carbonyl (C=O) groups excluding carboxylic acids is 4. The lowest BCUT2D eigenvalue weighted by Crippen LogP contribution is -2.62. The van der Waals surface area contributed by atoms with Crippen molar-refractivity contribution in [2.75, 3.05) is 18.5 Å². The van der Waals surface area contributed by atoms with Crippen molar-refractivity contribution >= 4 is 29.3 Å². The number of carbonyl (C=O) groups is 4. The molecule has 4 rings (SSSR count). The molecule has 0 saturated carbocycles. The molecule has 2 aliphatic heterocycles. The average Bonchev–Trinajstić information content (AvgIpc) is 3.08. The third-order valence-electron chi connectivity index (χ3n) is 6.51. The Morgan fingerprint density at radius 1 is 1.18 bits per heavy atom. The molecular formula is C24H25FN4O4. The highest BCUT2D eigenvalue weighted by atomic mass is 19.1. The summed E-state index contributed by atoms with van der Waals surface area (Å²) < 4.78 is 13.7. The second kappa shape index (κ2) is 8.31. The van der Waals surface area contributed by atoms with Crippen LogP contribution in [0.5, 0.6) is 0 Å². The molecule has 0 bridgehead atoms. The third-order valence-corrected chi connectivity index (χ3v) is 6.51. The third kappa shape index (κ3) is 3.73. The SMILES string of the molecule is CN(C(=O)CCN1C(=O)c2ccccc2N2C(=O)CCC12C)C(C(N)=O)c1cccc(F)c1. The summed E-state index contributed by atoms with van der Waals surface area (Å²) in [6.07, 6.45) is 0.649. The minimum Gasteiger partial charge on any atom is -0.368 e. The van der Waals surface area contributed by atoms with E-state index in [4.69, 9.17) is 5.73 Å². The van der Waals surface area contributed by atoms with E-state index in [0.717, 1.165) is 6.07 Å². The zero-order valence-corrected chi connectivity index (χ0v) is 18.5. The van der Waals surface area contributed by atoms with E-state index in [9.17, 15) is 23.6 Å². The van der Waals surface area contributed by atoms with E-state index in [1.54, 1.807) is 34.1 Å². The van der Waals surface area contributed by atoms with Gasteiger partial charge in [0.25, 0.3) is 5.91 Å². The second-order valence-corrected chi connectivity index (χ2v) is 8.53. The predicted molar refractivity (Wildman–Crippen MR) is 118 cm³/mol. The van der Waals surface area contributed by atoms with Crippen molar-refractivity contribution in [1.82, 2.24) is 9.80 Å². The summed E-state index contributed by atoms with van der Waals surface area (Å²) in [5.74, 6) is -2.11. The number of amides is 4. The molecule has 2 unspecified atom stereocenters. The standard InChI is InChI=1S/C24H25FN4O4/c1-24-12-10-20(31)29(24)18-9-4-3-8-17(18)23(33)28(24)13-11-19(30)27(2)21(22(26)32)15-6-5-7-16(25)14-15/h3-9,14,21H,10-13H2,1-2H3,(H2,26,32). The van der Waals surface area contributed by atoms with Crippen LogP contribution in [0.15, 0.2) is 48.5 Å². The molecular weight excluding hydrogens is 427 g/mol. The second-order valence-electron chi connectivity index (χ2n) is 8.53. The Bertz CT molecular complexity index is 1150. The molecule has 1 fully saturated rings. The number of hydrogen-bond donors (Lipinski definition) is 1. The number of anilines is 1. The minimum absolute atomic E-state index is 0.0469. The lowest BCUT2D eigenvalue weighted by molar-refractivity contribution is -0.138. The Balaban J connectivity index is 1.57. The van der Waals surface area contributed by atoms with Gasteiger partial charge in [0.05, 0.1) is 11.3 Å². The Morgan fingerprint density at radius 2 is 1.91 bits per heavy atom. The molecule has 33 heavy (non-hydrogen) atoms.